The van der Waals surface area contributed by atoms with E-state index in [-0.39, 0.29) is 16.4 Å². The Balaban J connectivity index is 1.81. The summed E-state index contributed by atoms with van der Waals surface area (Å²) in [4.78, 5) is 1.31. The van der Waals surface area contributed by atoms with Crippen molar-refractivity contribution in [2.75, 3.05) is 25.2 Å². The van der Waals surface area contributed by atoms with Crippen LogP contribution in [0.1, 0.15) is 10.4 Å². The Labute approximate surface area is 164 Å². The van der Waals surface area contributed by atoms with Crippen LogP contribution in [-0.2, 0) is 26.1 Å². The molecular formula is C18H23NO5S3. The Kier molecular flexibility index (Phi) is 5.95. The van der Waals surface area contributed by atoms with Gasteiger partial charge < -0.3 is 10.1 Å². The van der Waals surface area contributed by atoms with Gasteiger partial charge in [-0.3, -0.25) is 0 Å². The number of nitrogens with one attached hydrogen (secondary N) is 1. The zero-order chi connectivity index (χ0) is 19.7. The number of hydrogen-bond acceptors (Lipinski definition) is 7. The normalized spacial score (nSPS) is 22.0. The van der Waals surface area contributed by atoms with E-state index in [1.54, 1.807) is 30.4 Å². The van der Waals surface area contributed by atoms with E-state index >= 15 is 0 Å². The van der Waals surface area contributed by atoms with E-state index < -0.39 is 31.0 Å². The third-order valence-corrected chi connectivity index (χ3v) is 9.84. The molecule has 3 rings (SSSR count). The Hall–Kier alpha value is -1.42. The molecule has 1 aromatic carbocycles. The summed E-state index contributed by atoms with van der Waals surface area (Å²) < 4.78 is 55.8. The highest BCUT2D eigenvalue weighted by molar-refractivity contribution is 7.96. The van der Waals surface area contributed by atoms with Gasteiger partial charge in [0.2, 0.25) is 0 Å². The van der Waals surface area contributed by atoms with Crippen molar-refractivity contribution in [3.05, 3.63) is 46.2 Å². The number of rotatable bonds is 7. The molecule has 1 fully saturated rings. The van der Waals surface area contributed by atoms with Crippen LogP contribution in [0.3, 0.4) is 0 Å². The van der Waals surface area contributed by atoms with E-state index in [1.807, 2.05) is 17.5 Å². The van der Waals surface area contributed by atoms with E-state index in [1.165, 1.54) is 18.1 Å². The molecule has 0 saturated carbocycles. The number of aryl methyl sites for hydroxylation is 1. The predicted octanol–water partition coefficient (Wildman–Crippen LogP) is 1.84. The fraction of sp³-hybridized carbons (Fsp3) is 0.444. The molecule has 1 aromatic heterocycles. The van der Waals surface area contributed by atoms with Gasteiger partial charge in [-0.15, -0.1) is 11.3 Å². The number of methoxy groups -OCH3 is 1. The molecule has 1 N–H and O–H groups in total. The second-order valence-corrected chi connectivity index (χ2v) is 12.0. The minimum Gasteiger partial charge on any atom is -0.496 e. The highest BCUT2D eigenvalue weighted by Gasteiger charge is 2.45. The third kappa shape index (κ3) is 4.53. The maximum atomic E-state index is 13.1. The van der Waals surface area contributed by atoms with Gasteiger partial charge in [0.15, 0.2) is 19.7 Å². The second-order valence-electron chi connectivity index (χ2n) is 6.68. The average molecular weight is 430 g/mol. The standard InChI is InChI=1S/C18H23NO5S3/c1-13-10-15(5-6-17(13)24-2)27(22,23)18-12-26(20,21)11-16(18)19-8-7-14-4-3-9-25-14/h3-6,9-10,16,18-19H,7-8,11-12H2,1-2H3/t16-,18-/m0/s1. The van der Waals surface area contributed by atoms with E-state index in [0.29, 0.717) is 17.9 Å². The van der Waals surface area contributed by atoms with Crippen LogP contribution >= 0.6 is 11.3 Å². The van der Waals surface area contributed by atoms with Crippen molar-refractivity contribution in [2.24, 2.45) is 0 Å². The molecule has 0 radical (unpaired) electrons. The molecule has 148 valence electrons. The van der Waals surface area contributed by atoms with Gasteiger partial charge in [-0.25, -0.2) is 16.8 Å². The molecule has 2 aromatic rings. The van der Waals surface area contributed by atoms with Gasteiger partial charge in [-0.2, -0.15) is 0 Å². The Morgan fingerprint density at radius 3 is 2.67 bits per heavy atom. The largest absolute Gasteiger partial charge is 0.496 e. The molecule has 0 unspecified atom stereocenters. The van der Waals surface area contributed by atoms with E-state index in [0.717, 1.165) is 6.42 Å². The van der Waals surface area contributed by atoms with Crippen molar-refractivity contribution in [2.45, 2.75) is 29.5 Å². The minimum atomic E-state index is -3.79. The molecule has 0 bridgehead atoms. The summed E-state index contributed by atoms with van der Waals surface area (Å²) in [6.45, 7) is 2.30. The Bertz CT molecular complexity index is 998. The quantitative estimate of drug-likeness (QED) is 0.722. The first kappa shape index (κ1) is 20.3. The van der Waals surface area contributed by atoms with Crippen molar-refractivity contribution in [3.63, 3.8) is 0 Å². The predicted molar refractivity (Wildman–Crippen MR) is 107 cm³/mol. The Morgan fingerprint density at radius 1 is 1.26 bits per heavy atom. The number of benzene rings is 1. The summed E-state index contributed by atoms with van der Waals surface area (Å²) in [6.07, 6.45) is 0.739. The molecule has 2 atom stereocenters. The molecule has 1 saturated heterocycles. The molecule has 0 spiro atoms. The first-order valence-corrected chi connectivity index (χ1v) is 12.8. The average Bonchev–Trinajstić information content (AvgIpc) is 3.22. The highest BCUT2D eigenvalue weighted by Crippen LogP contribution is 2.29. The topological polar surface area (TPSA) is 89.5 Å². The van der Waals surface area contributed by atoms with Crippen LogP contribution in [0.2, 0.25) is 0 Å². The van der Waals surface area contributed by atoms with E-state index in [9.17, 15) is 16.8 Å². The maximum Gasteiger partial charge on any atom is 0.183 e. The third-order valence-electron chi connectivity index (χ3n) is 4.75. The molecule has 27 heavy (non-hydrogen) atoms. The SMILES string of the molecule is COc1ccc(S(=O)(=O)[C@H]2CS(=O)(=O)C[C@@H]2NCCc2cccs2)cc1C. The Morgan fingerprint density at radius 2 is 2.04 bits per heavy atom. The number of thiophene rings is 1. The molecule has 6 nitrogen and oxygen atoms in total. The number of sulfone groups is 2. The van der Waals surface area contributed by atoms with Crippen LogP contribution < -0.4 is 10.1 Å². The minimum absolute atomic E-state index is 0.132. The van der Waals surface area contributed by atoms with E-state index in [2.05, 4.69) is 5.32 Å². The van der Waals surface area contributed by atoms with Gasteiger partial charge >= 0.3 is 0 Å². The lowest BCUT2D eigenvalue weighted by Crippen LogP contribution is -2.44. The molecule has 2 heterocycles. The van der Waals surface area contributed by atoms with Crippen LogP contribution in [0.25, 0.3) is 0 Å². The summed E-state index contributed by atoms with van der Waals surface area (Å²) >= 11 is 1.63. The second kappa shape index (κ2) is 7.90. The van der Waals surface area contributed by atoms with Gasteiger partial charge in [0.05, 0.1) is 28.8 Å². The summed E-state index contributed by atoms with van der Waals surface area (Å²) in [5.74, 6) is 0.0895. The lowest BCUT2D eigenvalue weighted by Gasteiger charge is -2.20. The molecule has 9 heteroatoms. The summed E-state index contributed by atoms with van der Waals surface area (Å²) in [5.41, 5.74) is 0.696. The molecular weight excluding hydrogens is 406 g/mol. The zero-order valence-corrected chi connectivity index (χ0v) is 17.7. The summed E-state index contributed by atoms with van der Waals surface area (Å²) in [7, 11) is -5.67. The van der Waals surface area contributed by atoms with E-state index in [4.69, 9.17) is 4.74 Å². The van der Waals surface area contributed by atoms with Crippen molar-refractivity contribution in [1.29, 1.82) is 0 Å². The molecule has 0 amide bonds. The van der Waals surface area contributed by atoms with Crippen LogP contribution in [0.15, 0.2) is 40.6 Å². The first-order chi connectivity index (χ1) is 12.7. The van der Waals surface area contributed by atoms with Gasteiger partial charge in [-0.05, 0) is 48.6 Å². The van der Waals surface area contributed by atoms with Crippen molar-refractivity contribution >= 4 is 31.0 Å². The van der Waals surface area contributed by atoms with Gasteiger partial charge in [0.1, 0.15) is 5.75 Å². The van der Waals surface area contributed by atoms with Crippen LogP contribution in [0.4, 0.5) is 0 Å². The van der Waals surface area contributed by atoms with Crippen molar-refractivity contribution in [3.8, 4) is 5.75 Å². The fourth-order valence-corrected chi connectivity index (χ4v) is 8.86. The smallest absolute Gasteiger partial charge is 0.183 e. The number of hydrogen-bond donors (Lipinski definition) is 1. The summed E-state index contributed by atoms with van der Waals surface area (Å²) in [5, 5.41) is 4.16. The molecule has 1 aliphatic rings. The fourth-order valence-electron chi connectivity index (χ4n) is 3.35. The lowest BCUT2D eigenvalue weighted by atomic mass is 10.2. The number of ether oxygens (including phenoxy) is 1. The maximum absolute atomic E-state index is 13.1. The molecule has 0 aliphatic carbocycles. The van der Waals surface area contributed by atoms with Crippen LogP contribution in [0.5, 0.6) is 5.75 Å². The van der Waals surface area contributed by atoms with Crippen molar-refractivity contribution in [1.82, 2.24) is 5.32 Å². The van der Waals surface area contributed by atoms with Crippen molar-refractivity contribution < 1.29 is 21.6 Å². The molecule has 1 aliphatic heterocycles. The zero-order valence-electron chi connectivity index (χ0n) is 15.2. The summed E-state index contributed by atoms with van der Waals surface area (Å²) in [6, 6.07) is 7.98. The van der Waals surface area contributed by atoms with Gasteiger partial charge in [0.25, 0.3) is 0 Å². The monoisotopic (exact) mass is 429 g/mol. The lowest BCUT2D eigenvalue weighted by molar-refractivity contribution is 0.411. The van der Waals surface area contributed by atoms with Gasteiger partial charge in [0, 0.05) is 17.5 Å². The van der Waals surface area contributed by atoms with Crippen LogP contribution in [-0.4, -0.2) is 53.3 Å². The van der Waals surface area contributed by atoms with Crippen LogP contribution in [0, 0.1) is 6.92 Å². The highest BCUT2D eigenvalue weighted by atomic mass is 32.2. The first-order valence-electron chi connectivity index (χ1n) is 8.58. The van der Waals surface area contributed by atoms with Gasteiger partial charge in [-0.1, -0.05) is 6.07 Å².